The van der Waals surface area contributed by atoms with Gasteiger partial charge in [0.1, 0.15) is 0 Å². The molecule has 1 saturated heterocycles. The molecule has 2 nitrogen and oxygen atoms in total. The summed E-state index contributed by atoms with van der Waals surface area (Å²) in [4.78, 5) is 2.61. The Balaban J connectivity index is 0.000000980. The summed E-state index contributed by atoms with van der Waals surface area (Å²) < 4.78 is 0. The van der Waals surface area contributed by atoms with Crippen LogP contribution >= 0.6 is 12.4 Å². The monoisotopic (exact) mass is 218 g/mol. The molecule has 3 heteroatoms. The first-order chi connectivity index (χ1) is 6.16. The molecule has 0 atom stereocenters. The second-order valence-electron chi connectivity index (χ2n) is 5.25. The van der Waals surface area contributed by atoms with E-state index in [2.05, 4.69) is 11.8 Å². The number of nitrogens with zero attached hydrogens (tertiary/aromatic N) is 1. The Hall–Kier alpha value is 0.210. The molecule has 0 aromatic rings. The second-order valence-corrected chi connectivity index (χ2v) is 5.25. The van der Waals surface area contributed by atoms with Crippen LogP contribution in [0.4, 0.5) is 0 Å². The third-order valence-corrected chi connectivity index (χ3v) is 3.74. The van der Waals surface area contributed by atoms with Gasteiger partial charge in [-0.1, -0.05) is 6.42 Å². The van der Waals surface area contributed by atoms with Crippen molar-refractivity contribution in [3.05, 3.63) is 0 Å². The summed E-state index contributed by atoms with van der Waals surface area (Å²) in [6.45, 7) is 5.98. The minimum atomic E-state index is 0. The first-order valence-corrected chi connectivity index (χ1v) is 5.67. The number of likely N-dealkylation sites (tertiary alicyclic amines) is 1. The van der Waals surface area contributed by atoms with E-state index in [0.29, 0.717) is 0 Å². The van der Waals surface area contributed by atoms with Crippen molar-refractivity contribution in [3.8, 4) is 0 Å². The Morgan fingerprint density at radius 3 is 2.29 bits per heavy atom. The van der Waals surface area contributed by atoms with Crippen molar-refractivity contribution in [3.63, 3.8) is 0 Å². The van der Waals surface area contributed by atoms with Crippen LogP contribution in [0.1, 0.15) is 39.0 Å². The topological polar surface area (TPSA) is 29.3 Å². The zero-order valence-electron chi connectivity index (χ0n) is 9.17. The van der Waals surface area contributed by atoms with Gasteiger partial charge in [-0.3, -0.25) is 0 Å². The lowest BCUT2D eigenvalue weighted by Gasteiger charge is -2.39. The molecular weight excluding hydrogens is 196 g/mol. The van der Waals surface area contributed by atoms with Gasteiger partial charge in [0.15, 0.2) is 0 Å². The van der Waals surface area contributed by atoms with Crippen LogP contribution in [0.2, 0.25) is 0 Å². The number of halogens is 1. The quantitative estimate of drug-likeness (QED) is 0.769. The fourth-order valence-corrected chi connectivity index (χ4v) is 2.29. The molecule has 1 saturated carbocycles. The Labute approximate surface area is 93.6 Å². The zero-order chi connectivity index (χ0) is 9.31. The average molecular weight is 219 g/mol. The predicted molar refractivity (Wildman–Crippen MR) is 62.9 cm³/mol. The van der Waals surface area contributed by atoms with E-state index in [1.165, 1.54) is 51.7 Å². The van der Waals surface area contributed by atoms with Crippen molar-refractivity contribution in [2.75, 3.05) is 19.6 Å². The largest absolute Gasteiger partial charge is 0.325 e. The molecule has 0 spiro atoms. The van der Waals surface area contributed by atoms with Gasteiger partial charge in [-0.25, -0.2) is 0 Å². The average Bonchev–Trinajstić information content (AvgIpc) is 1.99. The van der Waals surface area contributed by atoms with Gasteiger partial charge in [-0.15, -0.1) is 12.4 Å². The molecule has 2 fully saturated rings. The zero-order valence-corrected chi connectivity index (χ0v) is 9.98. The third-order valence-electron chi connectivity index (χ3n) is 3.74. The van der Waals surface area contributed by atoms with Gasteiger partial charge in [-0.2, -0.15) is 0 Å². The summed E-state index contributed by atoms with van der Waals surface area (Å²) in [6.07, 6.45) is 6.76. The van der Waals surface area contributed by atoms with E-state index in [9.17, 15) is 0 Å². The summed E-state index contributed by atoms with van der Waals surface area (Å²) in [5.74, 6) is 1.02. The molecule has 0 amide bonds. The van der Waals surface area contributed by atoms with E-state index in [1.54, 1.807) is 0 Å². The van der Waals surface area contributed by atoms with E-state index < -0.39 is 0 Å². The third kappa shape index (κ3) is 3.11. The Morgan fingerprint density at radius 1 is 1.29 bits per heavy atom. The maximum atomic E-state index is 6.09. The molecule has 2 rings (SSSR count). The summed E-state index contributed by atoms with van der Waals surface area (Å²) in [6, 6.07) is 0. The van der Waals surface area contributed by atoms with Gasteiger partial charge < -0.3 is 10.6 Å². The fourth-order valence-electron chi connectivity index (χ4n) is 2.29. The van der Waals surface area contributed by atoms with Gasteiger partial charge in [0, 0.05) is 12.1 Å². The van der Waals surface area contributed by atoms with Crippen molar-refractivity contribution in [1.82, 2.24) is 4.90 Å². The van der Waals surface area contributed by atoms with E-state index in [1.807, 2.05) is 0 Å². The molecule has 2 aliphatic rings. The SMILES string of the molecule is CC1(N)CCN(CC2CCC2)CC1.Cl. The molecule has 0 radical (unpaired) electrons. The lowest BCUT2D eigenvalue weighted by molar-refractivity contribution is 0.125. The maximum Gasteiger partial charge on any atom is 0.0150 e. The number of hydrogen-bond donors (Lipinski definition) is 1. The van der Waals surface area contributed by atoms with Crippen molar-refractivity contribution in [1.29, 1.82) is 0 Å². The van der Waals surface area contributed by atoms with Crippen LogP contribution in [-0.4, -0.2) is 30.1 Å². The Bertz CT molecular complexity index is 168. The minimum absolute atomic E-state index is 0. The molecule has 1 aliphatic heterocycles. The van der Waals surface area contributed by atoms with Crippen molar-refractivity contribution in [2.45, 2.75) is 44.6 Å². The highest BCUT2D eigenvalue weighted by Crippen LogP contribution is 2.28. The summed E-state index contributed by atoms with van der Waals surface area (Å²) in [7, 11) is 0. The van der Waals surface area contributed by atoms with Crippen LogP contribution in [0.15, 0.2) is 0 Å². The van der Waals surface area contributed by atoms with Crippen molar-refractivity contribution in [2.24, 2.45) is 11.7 Å². The van der Waals surface area contributed by atoms with Crippen LogP contribution in [0.3, 0.4) is 0 Å². The molecular formula is C11H23ClN2. The lowest BCUT2D eigenvalue weighted by atomic mass is 9.84. The summed E-state index contributed by atoms with van der Waals surface area (Å²) >= 11 is 0. The molecule has 0 aromatic carbocycles. The first-order valence-electron chi connectivity index (χ1n) is 5.67. The highest BCUT2D eigenvalue weighted by molar-refractivity contribution is 5.85. The molecule has 0 bridgehead atoms. The van der Waals surface area contributed by atoms with Crippen LogP contribution in [0.5, 0.6) is 0 Å². The first kappa shape index (κ1) is 12.3. The van der Waals surface area contributed by atoms with Crippen LogP contribution < -0.4 is 5.73 Å². The van der Waals surface area contributed by atoms with E-state index in [4.69, 9.17) is 5.73 Å². The maximum absolute atomic E-state index is 6.09. The van der Waals surface area contributed by atoms with Crippen LogP contribution in [0, 0.1) is 5.92 Å². The summed E-state index contributed by atoms with van der Waals surface area (Å²) in [5, 5.41) is 0. The molecule has 84 valence electrons. The van der Waals surface area contributed by atoms with E-state index in [-0.39, 0.29) is 17.9 Å². The fraction of sp³-hybridized carbons (Fsp3) is 1.00. The van der Waals surface area contributed by atoms with Crippen molar-refractivity contribution < 1.29 is 0 Å². The van der Waals surface area contributed by atoms with Gasteiger partial charge in [0.05, 0.1) is 0 Å². The van der Waals surface area contributed by atoms with Gasteiger partial charge in [-0.05, 0) is 51.6 Å². The van der Waals surface area contributed by atoms with E-state index >= 15 is 0 Å². The molecule has 14 heavy (non-hydrogen) atoms. The molecule has 0 unspecified atom stereocenters. The normalized spacial score (nSPS) is 27.9. The van der Waals surface area contributed by atoms with E-state index in [0.717, 1.165) is 5.92 Å². The van der Waals surface area contributed by atoms with Crippen LogP contribution in [-0.2, 0) is 0 Å². The second kappa shape index (κ2) is 4.82. The van der Waals surface area contributed by atoms with Gasteiger partial charge >= 0.3 is 0 Å². The molecule has 1 heterocycles. The predicted octanol–water partition coefficient (Wildman–Crippen LogP) is 2.02. The van der Waals surface area contributed by atoms with Gasteiger partial charge in [0.2, 0.25) is 0 Å². The number of rotatable bonds is 2. The number of nitrogens with two attached hydrogens (primary N) is 1. The smallest absolute Gasteiger partial charge is 0.0150 e. The number of piperidine rings is 1. The lowest BCUT2D eigenvalue weighted by Crippen LogP contribution is -2.49. The highest BCUT2D eigenvalue weighted by Gasteiger charge is 2.28. The van der Waals surface area contributed by atoms with Gasteiger partial charge in [0.25, 0.3) is 0 Å². The van der Waals surface area contributed by atoms with Crippen LogP contribution in [0.25, 0.3) is 0 Å². The standard InChI is InChI=1S/C11H22N2.ClH/c1-11(12)5-7-13(8-6-11)9-10-3-2-4-10;/h10H,2-9,12H2,1H3;1H. The number of hydrogen-bond acceptors (Lipinski definition) is 2. The Kier molecular flexibility index (Phi) is 4.23. The highest BCUT2D eigenvalue weighted by atomic mass is 35.5. The minimum Gasteiger partial charge on any atom is -0.325 e. The molecule has 0 aromatic heterocycles. The van der Waals surface area contributed by atoms with Crippen molar-refractivity contribution >= 4 is 12.4 Å². The summed E-state index contributed by atoms with van der Waals surface area (Å²) in [5.41, 5.74) is 6.21. The molecule has 2 N–H and O–H groups in total. The molecule has 1 aliphatic carbocycles. The Morgan fingerprint density at radius 2 is 1.86 bits per heavy atom.